The Balaban J connectivity index is 1.56. The molecule has 0 aliphatic rings. The Morgan fingerprint density at radius 3 is 2.79 bits per heavy atom. The van der Waals surface area contributed by atoms with Crippen molar-refractivity contribution in [1.82, 2.24) is 20.4 Å². The minimum atomic E-state index is -0.305. The number of aromatic nitrogens is 2. The first-order valence-corrected chi connectivity index (χ1v) is 7.90. The summed E-state index contributed by atoms with van der Waals surface area (Å²) in [7, 11) is 0. The van der Waals surface area contributed by atoms with Gasteiger partial charge in [-0.2, -0.15) is 5.10 Å². The fourth-order valence-corrected chi connectivity index (χ4v) is 2.13. The Labute approximate surface area is 141 Å². The van der Waals surface area contributed by atoms with Gasteiger partial charge in [0, 0.05) is 12.2 Å². The number of amides is 1. The second-order valence-corrected chi connectivity index (χ2v) is 5.67. The Morgan fingerprint density at radius 1 is 1.38 bits per heavy atom. The van der Waals surface area contributed by atoms with E-state index in [1.165, 1.54) is 12.1 Å². The zero-order chi connectivity index (χ0) is 17.4. The fraction of sp³-hybridized carbons (Fsp3) is 0.412. The van der Waals surface area contributed by atoms with Crippen LogP contribution >= 0.6 is 0 Å². The van der Waals surface area contributed by atoms with Crippen LogP contribution in [0.5, 0.6) is 5.75 Å². The zero-order valence-electron chi connectivity index (χ0n) is 14.0. The van der Waals surface area contributed by atoms with Crippen LogP contribution in [0, 0.1) is 12.7 Å². The minimum absolute atomic E-state index is 0.0961. The summed E-state index contributed by atoms with van der Waals surface area (Å²) in [6.45, 7) is 5.65. The summed E-state index contributed by atoms with van der Waals surface area (Å²) in [5, 5.41) is 10.1. The molecule has 0 bridgehead atoms. The second kappa shape index (κ2) is 9.02. The zero-order valence-corrected chi connectivity index (χ0v) is 14.0. The highest BCUT2D eigenvalue weighted by atomic mass is 19.1. The predicted octanol–water partition coefficient (Wildman–Crippen LogP) is 1.50. The van der Waals surface area contributed by atoms with Gasteiger partial charge in [-0.05, 0) is 43.7 Å². The molecule has 2 N–H and O–H groups in total. The van der Waals surface area contributed by atoms with Crippen LogP contribution in [0.3, 0.4) is 0 Å². The Bertz CT molecular complexity index is 642. The van der Waals surface area contributed by atoms with Crippen LogP contribution in [0.15, 0.2) is 36.7 Å². The molecule has 0 radical (unpaired) electrons. The quantitative estimate of drug-likeness (QED) is 0.682. The number of nitrogens with zero attached hydrogens (tertiary/aromatic N) is 2. The van der Waals surface area contributed by atoms with Gasteiger partial charge in [0.05, 0.1) is 25.8 Å². The lowest BCUT2D eigenvalue weighted by molar-refractivity contribution is -0.120. The van der Waals surface area contributed by atoms with Crippen molar-refractivity contribution in [3.05, 3.63) is 48.0 Å². The highest BCUT2D eigenvalue weighted by Gasteiger charge is 2.06. The first-order valence-electron chi connectivity index (χ1n) is 7.90. The van der Waals surface area contributed by atoms with E-state index in [0.29, 0.717) is 25.4 Å². The van der Waals surface area contributed by atoms with Crippen molar-refractivity contribution < 1.29 is 13.9 Å². The number of carbonyl (C=O) groups excluding carboxylic acids is 1. The predicted molar refractivity (Wildman–Crippen MR) is 89.3 cm³/mol. The van der Waals surface area contributed by atoms with E-state index in [1.807, 2.05) is 24.7 Å². The van der Waals surface area contributed by atoms with Gasteiger partial charge in [-0.1, -0.05) is 0 Å². The number of carbonyl (C=O) groups is 1. The minimum Gasteiger partial charge on any atom is -0.492 e. The van der Waals surface area contributed by atoms with Crippen LogP contribution in [0.2, 0.25) is 0 Å². The van der Waals surface area contributed by atoms with E-state index in [9.17, 15) is 9.18 Å². The third-order valence-corrected chi connectivity index (χ3v) is 3.34. The van der Waals surface area contributed by atoms with E-state index >= 15 is 0 Å². The molecule has 1 atom stereocenters. The standard InChI is InChI=1S/C17H23FN4O2/c1-13-9-21-22(11-13)12-14(2)20-10-17(23)19-7-8-24-16-5-3-15(18)4-6-16/h3-6,9,11,14,20H,7-8,10,12H2,1-2H3,(H,19,23)/t14-/m0/s1. The monoisotopic (exact) mass is 334 g/mol. The summed E-state index contributed by atoms with van der Waals surface area (Å²) in [6, 6.07) is 5.90. The molecule has 1 aromatic carbocycles. The molecule has 0 fully saturated rings. The van der Waals surface area contributed by atoms with Crippen LogP contribution in [-0.4, -0.2) is 41.4 Å². The summed E-state index contributed by atoms with van der Waals surface area (Å²) >= 11 is 0. The van der Waals surface area contributed by atoms with Gasteiger partial charge in [0.25, 0.3) is 0 Å². The molecule has 1 heterocycles. The normalized spacial score (nSPS) is 12.0. The van der Waals surface area contributed by atoms with Crippen LogP contribution in [0.25, 0.3) is 0 Å². The Kier molecular flexibility index (Phi) is 6.74. The molecule has 0 saturated carbocycles. The molecule has 1 aromatic heterocycles. The second-order valence-electron chi connectivity index (χ2n) is 5.67. The van der Waals surface area contributed by atoms with Gasteiger partial charge in [-0.25, -0.2) is 4.39 Å². The molecular weight excluding hydrogens is 311 g/mol. The molecule has 0 aliphatic carbocycles. The number of benzene rings is 1. The Hall–Kier alpha value is -2.41. The van der Waals surface area contributed by atoms with Crippen molar-refractivity contribution >= 4 is 5.91 Å². The van der Waals surface area contributed by atoms with E-state index in [4.69, 9.17) is 4.74 Å². The van der Waals surface area contributed by atoms with Gasteiger partial charge in [0.15, 0.2) is 0 Å². The highest BCUT2D eigenvalue weighted by molar-refractivity contribution is 5.77. The number of halogens is 1. The third kappa shape index (κ3) is 6.37. The maximum Gasteiger partial charge on any atom is 0.234 e. The van der Waals surface area contributed by atoms with Gasteiger partial charge in [-0.15, -0.1) is 0 Å². The number of rotatable bonds is 9. The van der Waals surface area contributed by atoms with Crippen molar-refractivity contribution in [3.8, 4) is 5.75 Å². The average molecular weight is 334 g/mol. The van der Waals surface area contributed by atoms with Crippen molar-refractivity contribution in [2.45, 2.75) is 26.4 Å². The molecule has 130 valence electrons. The number of aryl methyl sites for hydroxylation is 1. The fourth-order valence-electron chi connectivity index (χ4n) is 2.13. The molecule has 24 heavy (non-hydrogen) atoms. The maximum atomic E-state index is 12.7. The lowest BCUT2D eigenvalue weighted by Crippen LogP contribution is -2.40. The highest BCUT2D eigenvalue weighted by Crippen LogP contribution is 2.10. The number of nitrogens with one attached hydrogen (secondary N) is 2. The number of ether oxygens (including phenoxy) is 1. The topological polar surface area (TPSA) is 68.2 Å². The van der Waals surface area contributed by atoms with E-state index in [0.717, 1.165) is 5.56 Å². The summed E-state index contributed by atoms with van der Waals surface area (Å²) in [5.74, 6) is 0.175. The number of hydrogen-bond acceptors (Lipinski definition) is 4. The van der Waals surface area contributed by atoms with Gasteiger partial charge >= 0.3 is 0 Å². The summed E-state index contributed by atoms with van der Waals surface area (Å²) in [5.41, 5.74) is 1.11. The third-order valence-electron chi connectivity index (χ3n) is 3.34. The molecule has 0 aliphatic heterocycles. The molecule has 0 unspecified atom stereocenters. The molecular formula is C17H23FN4O2. The smallest absolute Gasteiger partial charge is 0.234 e. The van der Waals surface area contributed by atoms with E-state index in [1.54, 1.807) is 18.3 Å². The van der Waals surface area contributed by atoms with Gasteiger partial charge in [-0.3, -0.25) is 9.48 Å². The molecule has 2 aromatic rings. The van der Waals surface area contributed by atoms with Crippen LogP contribution in [0.1, 0.15) is 12.5 Å². The van der Waals surface area contributed by atoms with Gasteiger partial charge in [0.1, 0.15) is 18.2 Å². The molecule has 2 rings (SSSR count). The molecule has 0 spiro atoms. The van der Waals surface area contributed by atoms with Crippen molar-refractivity contribution in [2.24, 2.45) is 0 Å². The van der Waals surface area contributed by atoms with Crippen LogP contribution in [-0.2, 0) is 11.3 Å². The first-order chi connectivity index (χ1) is 11.5. The molecule has 6 nitrogen and oxygen atoms in total. The molecule has 0 saturated heterocycles. The first kappa shape index (κ1) is 17.9. The lowest BCUT2D eigenvalue weighted by atomic mass is 10.3. The summed E-state index contributed by atoms with van der Waals surface area (Å²) in [4.78, 5) is 11.8. The number of hydrogen-bond donors (Lipinski definition) is 2. The van der Waals surface area contributed by atoms with Gasteiger partial charge in [0.2, 0.25) is 5.91 Å². The summed E-state index contributed by atoms with van der Waals surface area (Å²) in [6.07, 6.45) is 3.77. The van der Waals surface area contributed by atoms with Crippen LogP contribution < -0.4 is 15.4 Å². The van der Waals surface area contributed by atoms with E-state index < -0.39 is 0 Å². The molecule has 1 amide bonds. The Morgan fingerprint density at radius 2 is 2.12 bits per heavy atom. The lowest BCUT2D eigenvalue weighted by Gasteiger charge is -2.14. The maximum absolute atomic E-state index is 12.7. The van der Waals surface area contributed by atoms with E-state index in [-0.39, 0.29) is 24.3 Å². The largest absolute Gasteiger partial charge is 0.492 e. The van der Waals surface area contributed by atoms with Gasteiger partial charge < -0.3 is 15.4 Å². The van der Waals surface area contributed by atoms with Crippen molar-refractivity contribution in [3.63, 3.8) is 0 Å². The summed E-state index contributed by atoms with van der Waals surface area (Å²) < 4.78 is 20.0. The van der Waals surface area contributed by atoms with Crippen LogP contribution in [0.4, 0.5) is 4.39 Å². The van der Waals surface area contributed by atoms with Crippen molar-refractivity contribution in [2.75, 3.05) is 19.7 Å². The average Bonchev–Trinajstić information content (AvgIpc) is 2.96. The SMILES string of the molecule is Cc1cnn(C[C@H](C)NCC(=O)NCCOc2ccc(F)cc2)c1. The van der Waals surface area contributed by atoms with Crippen molar-refractivity contribution in [1.29, 1.82) is 0 Å². The van der Waals surface area contributed by atoms with E-state index in [2.05, 4.69) is 15.7 Å². The molecule has 7 heteroatoms.